The predicted molar refractivity (Wildman–Crippen MR) is 69.7 cm³/mol. The summed E-state index contributed by atoms with van der Waals surface area (Å²) in [5.74, 6) is -0.575. The number of nitrogens with one attached hydrogen (secondary N) is 1. The van der Waals surface area contributed by atoms with Crippen molar-refractivity contribution >= 4 is 11.4 Å². The number of nitro groups is 1. The molecule has 6 heteroatoms. The Balaban J connectivity index is 2.15. The molecule has 1 aliphatic carbocycles. The van der Waals surface area contributed by atoms with Gasteiger partial charge in [-0.2, -0.15) is 0 Å². The first-order valence-electron chi connectivity index (χ1n) is 6.27. The fourth-order valence-corrected chi connectivity index (χ4v) is 2.18. The summed E-state index contributed by atoms with van der Waals surface area (Å²) in [5, 5.41) is 22.9. The zero-order valence-electron chi connectivity index (χ0n) is 10.8. The van der Waals surface area contributed by atoms with Crippen LogP contribution in [0.4, 0.5) is 15.8 Å². The van der Waals surface area contributed by atoms with Crippen LogP contribution in [0.3, 0.4) is 0 Å². The average molecular weight is 268 g/mol. The van der Waals surface area contributed by atoms with Crippen molar-refractivity contribution in [3.05, 3.63) is 33.6 Å². The van der Waals surface area contributed by atoms with Crippen molar-refractivity contribution in [1.82, 2.24) is 0 Å². The molecule has 0 radical (unpaired) electrons. The van der Waals surface area contributed by atoms with Crippen LogP contribution in [-0.4, -0.2) is 23.2 Å². The molecule has 19 heavy (non-hydrogen) atoms. The second kappa shape index (κ2) is 5.13. The van der Waals surface area contributed by atoms with Crippen LogP contribution in [-0.2, 0) is 0 Å². The molecule has 0 atom stereocenters. The number of nitro benzene ring substituents is 1. The van der Waals surface area contributed by atoms with Crippen molar-refractivity contribution in [2.45, 2.75) is 26.2 Å². The zero-order chi connectivity index (χ0) is 14.0. The lowest BCUT2D eigenvalue weighted by Gasteiger charge is -2.16. The van der Waals surface area contributed by atoms with Gasteiger partial charge >= 0.3 is 0 Å². The van der Waals surface area contributed by atoms with Gasteiger partial charge in [-0.05, 0) is 43.2 Å². The smallest absolute Gasteiger partial charge is 0.295 e. The zero-order valence-corrected chi connectivity index (χ0v) is 10.8. The minimum absolute atomic E-state index is 0.0465. The molecule has 0 saturated heterocycles. The predicted octanol–water partition coefficient (Wildman–Crippen LogP) is 2.62. The summed E-state index contributed by atoms with van der Waals surface area (Å²) in [5.41, 5.74) is 0.515. The van der Waals surface area contributed by atoms with Gasteiger partial charge in [-0.15, -0.1) is 0 Å². The van der Waals surface area contributed by atoms with Crippen LogP contribution < -0.4 is 5.32 Å². The first-order chi connectivity index (χ1) is 8.97. The minimum atomic E-state index is -0.587. The summed E-state index contributed by atoms with van der Waals surface area (Å²) in [4.78, 5) is 10.3. The summed E-state index contributed by atoms with van der Waals surface area (Å²) < 4.78 is 13.4. The molecule has 0 bridgehead atoms. The summed E-state index contributed by atoms with van der Waals surface area (Å²) >= 11 is 0. The molecule has 2 N–H and O–H groups in total. The van der Waals surface area contributed by atoms with E-state index >= 15 is 0 Å². The number of anilines is 1. The molecule has 5 nitrogen and oxygen atoms in total. The molecule has 1 saturated carbocycles. The van der Waals surface area contributed by atoms with Gasteiger partial charge in [0.2, 0.25) is 0 Å². The maximum absolute atomic E-state index is 13.4. The van der Waals surface area contributed by atoms with E-state index in [1.54, 1.807) is 6.92 Å². The molecule has 1 aliphatic rings. The number of aryl methyl sites for hydroxylation is 1. The molecule has 104 valence electrons. The van der Waals surface area contributed by atoms with E-state index in [0.717, 1.165) is 18.9 Å². The molecule has 1 aromatic carbocycles. The van der Waals surface area contributed by atoms with E-state index in [1.807, 2.05) is 0 Å². The number of nitrogens with zero attached hydrogens (tertiary/aromatic N) is 1. The second-order valence-electron chi connectivity index (χ2n) is 5.20. The maximum Gasteiger partial charge on any atom is 0.295 e. The van der Waals surface area contributed by atoms with Gasteiger partial charge in [0.25, 0.3) is 5.69 Å². The monoisotopic (exact) mass is 268 g/mol. The van der Waals surface area contributed by atoms with E-state index in [4.69, 9.17) is 5.11 Å². The third-order valence-electron chi connectivity index (χ3n) is 3.73. The summed E-state index contributed by atoms with van der Waals surface area (Å²) in [6, 6.07) is 2.41. The van der Waals surface area contributed by atoms with Crippen molar-refractivity contribution in [2.24, 2.45) is 5.41 Å². The Morgan fingerprint density at radius 3 is 2.74 bits per heavy atom. The first-order valence-corrected chi connectivity index (χ1v) is 6.27. The third-order valence-corrected chi connectivity index (χ3v) is 3.73. The van der Waals surface area contributed by atoms with Crippen LogP contribution in [0, 0.1) is 28.3 Å². The normalized spacial score (nSPS) is 16.2. The van der Waals surface area contributed by atoms with Gasteiger partial charge in [-0.1, -0.05) is 0 Å². The lowest BCUT2D eigenvalue weighted by atomic mass is 10.0. The second-order valence-corrected chi connectivity index (χ2v) is 5.20. The number of hydrogen-bond donors (Lipinski definition) is 2. The maximum atomic E-state index is 13.4. The summed E-state index contributed by atoms with van der Waals surface area (Å²) in [6.07, 6.45) is 2.71. The van der Waals surface area contributed by atoms with Gasteiger partial charge in [0.05, 0.1) is 11.0 Å². The van der Waals surface area contributed by atoms with Crippen molar-refractivity contribution < 1.29 is 14.4 Å². The van der Waals surface area contributed by atoms with Gasteiger partial charge < -0.3 is 10.4 Å². The topological polar surface area (TPSA) is 75.4 Å². The highest BCUT2D eigenvalue weighted by molar-refractivity contribution is 5.63. The third kappa shape index (κ3) is 3.01. The van der Waals surface area contributed by atoms with Crippen LogP contribution >= 0.6 is 0 Å². The summed E-state index contributed by atoms with van der Waals surface area (Å²) in [6.45, 7) is 2.26. The number of rotatable bonds is 6. The fraction of sp³-hybridized carbons (Fsp3) is 0.538. The van der Waals surface area contributed by atoms with Crippen LogP contribution in [0.5, 0.6) is 0 Å². The first kappa shape index (κ1) is 13.7. The number of aliphatic hydroxyl groups is 1. The van der Waals surface area contributed by atoms with E-state index in [-0.39, 0.29) is 17.7 Å². The molecular weight excluding hydrogens is 251 g/mol. The molecule has 0 aliphatic heterocycles. The van der Waals surface area contributed by atoms with E-state index in [0.29, 0.717) is 24.2 Å². The van der Waals surface area contributed by atoms with E-state index in [1.165, 1.54) is 6.07 Å². The molecule has 0 unspecified atom stereocenters. The molecule has 0 aromatic heterocycles. The Kier molecular flexibility index (Phi) is 3.71. The Morgan fingerprint density at radius 1 is 1.53 bits per heavy atom. The Morgan fingerprint density at radius 2 is 2.21 bits per heavy atom. The number of benzene rings is 1. The van der Waals surface area contributed by atoms with E-state index in [2.05, 4.69) is 5.32 Å². The van der Waals surface area contributed by atoms with Crippen LogP contribution in [0.25, 0.3) is 0 Å². The number of halogens is 1. The standard InChI is InChI=1S/C13H17FN2O3/c1-9-6-11(12(16(18)19)7-10(9)14)15-8-13(2-3-13)4-5-17/h6-7,15,17H,2-5,8H2,1H3. The molecule has 0 spiro atoms. The SMILES string of the molecule is Cc1cc(NCC2(CCO)CC2)c([N+](=O)[O-])cc1F. The minimum Gasteiger partial charge on any atom is -0.396 e. The van der Waals surface area contributed by atoms with Crippen molar-refractivity contribution in [1.29, 1.82) is 0 Å². The molecule has 0 amide bonds. The highest BCUT2D eigenvalue weighted by Gasteiger charge is 2.41. The lowest BCUT2D eigenvalue weighted by molar-refractivity contribution is -0.384. The van der Waals surface area contributed by atoms with Gasteiger partial charge in [0.1, 0.15) is 11.5 Å². The van der Waals surface area contributed by atoms with Gasteiger partial charge in [0.15, 0.2) is 0 Å². The quantitative estimate of drug-likeness (QED) is 0.614. The van der Waals surface area contributed by atoms with Gasteiger partial charge in [-0.3, -0.25) is 10.1 Å². The van der Waals surface area contributed by atoms with Crippen molar-refractivity contribution in [3.8, 4) is 0 Å². The number of aliphatic hydroxyl groups excluding tert-OH is 1. The molecule has 0 heterocycles. The Hall–Kier alpha value is -1.69. The molecule has 2 rings (SSSR count). The molecule has 1 fully saturated rings. The van der Waals surface area contributed by atoms with Crippen LogP contribution in [0.2, 0.25) is 0 Å². The lowest BCUT2D eigenvalue weighted by Crippen LogP contribution is -2.17. The van der Waals surface area contributed by atoms with Crippen LogP contribution in [0.15, 0.2) is 12.1 Å². The summed E-state index contributed by atoms with van der Waals surface area (Å²) in [7, 11) is 0. The Labute approximate surface area is 110 Å². The van der Waals surface area contributed by atoms with Crippen molar-refractivity contribution in [2.75, 3.05) is 18.5 Å². The van der Waals surface area contributed by atoms with Crippen molar-refractivity contribution in [3.63, 3.8) is 0 Å². The Bertz CT molecular complexity index is 501. The van der Waals surface area contributed by atoms with Gasteiger partial charge in [0, 0.05) is 13.2 Å². The molecular formula is C13H17FN2O3. The van der Waals surface area contributed by atoms with E-state index < -0.39 is 10.7 Å². The molecule has 1 aromatic rings. The highest BCUT2D eigenvalue weighted by Crippen LogP contribution is 2.48. The fourth-order valence-electron chi connectivity index (χ4n) is 2.18. The van der Waals surface area contributed by atoms with Gasteiger partial charge in [-0.25, -0.2) is 4.39 Å². The van der Waals surface area contributed by atoms with E-state index in [9.17, 15) is 14.5 Å². The largest absolute Gasteiger partial charge is 0.396 e. The average Bonchev–Trinajstić information content (AvgIpc) is 3.11. The van der Waals surface area contributed by atoms with Crippen LogP contribution in [0.1, 0.15) is 24.8 Å². The highest BCUT2D eigenvalue weighted by atomic mass is 19.1. The number of hydrogen-bond acceptors (Lipinski definition) is 4.